The summed E-state index contributed by atoms with van der Waals surface area (Å²) in [5, 5.41) is 0. The SMILES string of the molecule is Nc1cn(P)cn1. The maximum Gasteiger partial charge on any atom is 0.141 e. The monoisotopic (exact) mass is 115 g/mol. The van der Waals surface area contributed by atoms with Gasteiger partial charge in [-0.15, -0.1) is 0 Å². The van der Waals surface area contributed by atoms with Crippen LogP contribution in [-0.4, -0.2) is 9.32 Å². The predicted molar refractivity (Wildman–Crippen MR) is 31.7 cm³/mol. The first-order valence-corrected chi connectivity index (χ1v) is 2.35. The highest BCUT2D eigenvalue weighted by Gasteiger charge is 1.82. The molecular formula is C3H6N3P. The van der Waals surface area contributed by atoms with E-state index < -0.39 is 0 Å². The van der Waals surface area contributed by atoms with Crippen molar-refractivity contribution in [3.63, 3.8) is 0 Å². The van der Waals surface area contributed by atoms with Gasteiger partial charge in [-0.3, -0.25) is 0 Å². The van der Waals surface area contributed by atoms with Gasteiger partial charge in [0.05, 0.1) is 12.5 Å². The van der Waals surface area contributed by atoms with E-state index >= 15 is 0 Å². The summed E-state index contributed by atoms with van der Waals surface area (Å²) in [5.74, 6) is 0.551. The second-order valence-corrected chi connectivity index (χ2v) is 1.84. The molecule has 2 N–H and O–H groups in total. The number of nitrogens with zero attached hydrogens (tertiary/aromatic N) is 2. The molecule has 0 saturated heterocycles. The third kappa shape index (κ3) is 0.904. The molecule has 0 amide bonds. The predicted octanol–water partition coefficient (Wildman–Crippen LogP) is 0.104. The van der Waals surface area contributed by atoms with Crippen molar-refractivity contribution in [2.75, 3.05) is 5.73 Å². The van der Waals surface area contributed by atoms with Gasteiger partial charge in [0.25, 0.3) is 0 Å². The Morgan fingerprint density at radius 3 is 2.71 bits per heavy atom. The van der Waals surface area contributed by atoms with Gasteiger partial charge < -0.3 is 10.1 Å². The number of nitrogens with two attached hydrogens (primary N) is 1. The quantitative estimate of drug-likeness (QED) is 0.487. The van der Waals surface area contributed by atoms with Crippen molar-refractivity contribution < 1.29 is 0 Å². The van der Waals surface area contributed by atoms with Crippen LogP contribution in [0.25, 0.3) is 0 Å². The van der Waals surface area contributed by atoms with Crippen LogP contribution >= 0.6 is 9.39 Å². The Balaban J connectivity index is 3.04. The molecule has 0 aromatic carbocycles. The first-order valence-electron chi connectivity index (χ1n) is 1.83. The van der Waals surface area contributed by atoms with E-state index in [1.165, 1.54) is 0 Å². The van der Waals surface area contributed by atoms with Gasteiger partial charge in [0.1, 0.15) is 5.82 Å². The molecule has 0 fully saturated rings. The minimum absolute atomic E-state index is 0.551. The molecule has 1 aromatic rings. The summed E-state index contributed by atoms with van der Waals surface area (Å²) in [6.45, 7) is 0. The molecule has 1 heterocycles. The zero-order valence-corrected chi connectivity index (χ0v) is 4.86. The van der Waals surface area contributed by atoms with Crippen LogP contribution in [0.5, 0.6) is 0 Å². The molecule has 1 unspecified atom stereocenters. The topological polar surface area (TPSA) is 43.8 Å². The molecule has 38 valence electrons. The lowest BCUT2D eigenvalue weighted by atomic mass is 10.8. The van der Waals surface area contributed by atoms with Crippen molar-refractivity contribution in [1.82, 2.24) is 9.32 Å². The Hall–Kier alpha value is -0.560. The van der Waals surface area contributed by atoms with Crippen molar-refractivity contribution in [1.29, 1.82) is 0 Å². The van der Waals surface area contributed by atoms with Gasteiger partial charge in [-0.05, 0) is 9.39 Å². The average Bonchev–Trinajstić information content (AvgIpc) is 1.87. The molecule has 0 aliphatic heterocycles. The lowest BCUT2D eigenvalue weighted by Gasteiger charge is -1.77. The van der Waals surface area contributed by atoms with Gasteiger partial charge in [-0.1, -0.05) is 0 Å². The van der Waals surface area contributed by atoms with E-state index in [0.29, 0.717) is 5.82 Å². The van der Waals surface area contributed by atoms with E-state index in [9.17, 15) is 0 Å². The molecule has 0 aliphatic carbocycles. The third-order valence-corrected chi connectivity index (χ3v) is 0.904. The Labute approximate surface area is 43.8 Å². The molecule has 0 aliphatic rings. The second kappa shape index (κ2) is 1.51. The van der Waals surface area contributed by atoms with Crippen LogP contribution in [0.2, 0.25) is 0 Å². The van der Waals surface area contributed by atoms with E-state index in [4.69, 9.17) is 5.73 Å². The van der Waals surface area contributed by atoms with Gasteiger partial charge >= 0.3 is 0 Å². The number of aromatic nitrogens is 2. The molecule has 4 heteroatoms. The van der Waals surface area contributed by atoms with Gasteiger partial charge in [0.15, 0.2) is 0 Å². The molecule has 0 bridgehead atoms. The van der Waals surface area contributed by atoms with Gasteiger partial charge in [0.2, 0.25) is 0 Å². The molecule has 7 heavy (non-hydrogen) atoms. The van der Waals surface area contributed by atoms with Crippen LogP contribution < -0.4 is 5.73 Å². The lowest BCUT2D eigenvalue weighted by Crippen LogP contribution is -1.80. The van der Waals surface area contributed by atoms with Crippen LogP contribution in [0.15, 0.2) is 12.5 Å². The number of rotatable bonds is 0. The molecule has 1 aromatic heterocycles. The van der Waals surface area contributed by atoms with Gasteiger partial charge in [0, 0.05) is 0 Å². The number of imidazole rings is 1. The van der Waals surface area contributed by atoms with Crippen LogP contribution in [0.3, 0.4) is 0 Å². The van der Waals surface area contributed by atoms with E-state index in [0.717, 1.165) is 0 Å². The van der Waals surface area contributed by atoms with Crippen molar-refractivity contribution in [3.05, 3.63) is 12.5 Å². The summed E-state index contributed by atoms with van der Waals surface area (Å²) in [6.07, 6.45) is 3.34. The van der Waals surface area contributed by atoms with Crippen LogP contribution in [0.4, 0.5) is 5.82 Å². The van der Waals surface area contributed by atoms with Crippen LogP contribution in [0.1, 0.15) is 0 Å². The van der Waals surface area contributed by atoms with Crippen LogP contribution in [-0.2, 0) is 0 Å². The normalized spacial score (nSPS) is 9.29. The summed E-state index contributed by atoms with van der Waals surface area (Å²) in [7, 11) is 2.42. The number of hydrogen-bond donors (Lipinski definition) is 1. The molecule has 0 radical (unpaired) electrons. The Morgan fingerprint density at radius 1 is 1.86 bits per heavy atom. The fraction of sp³-hybridized carbons (Fsp3) is 0. The fourth-order valence-corrected chi connectivity index (χ4v) is 0.572. The van der Waals surface area contributed by atoms with Crippen molar-refractivity contribution in [2.24, 2.45) is 0 Å². The standard InChI is InChI=1S/C3H6N3P/c4-3-1-6(7)2-5-3/h1-2H,4,7H2. The van der Waals surface area contributed by atoms with Gasteiger partial charge in [-0.2, -0.15) is 0 Å². The largest absolute Gasteiger partial charge is 0.382 e. The number of nitrogen functional groups attached to an aromatic ring is 1. The molecular weight excluding hydrogens is 109 g/mol. The number of hydrogen-bond acceptors (Lipinski definition) is 2. The van der Waals surface area contributed by atoms with E-state index in [1.807, 2.05) is 0 Å². The van der Waals surface area contributed by atoms with Gasteiger partial charge in [-0.25, -0.2) is 4.98 Å². The highest BCUT2D eigenvalue weighted by atomic mass is 31.0. The minimum Gasteiger partial charge on any atom is -0.382 e. The van der Waals surface area contributed by atoms with E-state index in [-0.39, 0.29) is 0 Å². The van der Waals surface area contributed by atoms with E-state index in [2.05, 4.69) is 14.4 Å². The molecule has 1 atom stereocenters. The molecule has 0 saturated carbocycles. The van der Waals surface area contributed by atoms with Crippen molar-refractivity contribution in [2.45, 2.75) is 0 Å². The fourth-order valence-electron chi connectivity index (χ4n) is 0.353. The summed E-state index contributed by atoms with van der Waals surface area (Å²) < 4.78 is 1.72. The molecule has 1 rings (SSSR count). The second-order valence-electron chi connectivity index (χ2n) is 1.25. The zero-order valence-electron chi connectivity index (χ0n) is 3.70. The smallest absolute Gasteiger partial charge is 0.141 e. The average molecular weight is 115 g/mol. The summed E-state index contributed by atoms with van der Waals surface area (Å²) in [4.78, 5) is 3.74. The number of anilines is 1. The maximum atomic E-state index is 5.23. The Morgan fingerprint density at radius 2 is 2.57 bits per heavy atom. The maximum absolute atomic E-state index is 5.23. The van der Waals surface area contributed by atoms with Crippen molar-refractivity contribution in [3.8, 4) is 0 Å². The lowest BCUT2D eigenvalue weighted by molar-refractivity contribution is 1.24. The zero-order chi connectivity index (χ0) is 5.28. The van der Waals surface area contributed by atoms with Crippen LogP contribution in [0, 0.1) is 0 Å². The Kier molecular flexibility index (Phi) is 0.988. The van der Waals surface area contributed by atoms with Crippen molar-refractivity contribution >= 4 is 15.2 Å². The Bertz CT molecular complexity index is 142. The highest BCUT2D eigenvalue weighted by Crippen LogP contribution is 1.98. The summed E-state index contributed by atoms with van der Waals surface area (Å²) in [6, 6.07) is 0. The first kappa shape index (κ1) is 4.60. The first-order chi connectivity index (χ1) is 3.29. The van der Waals surface area contributed by atoms with E-state index in [1.54, 1.807) is 16.9 Å². The molecule has 0 spiro atoms. The third-order valence-electron chi connectivity index (χ3n) is 0.621. The summed E-state index contributed by atoms with van der Waals surface area (Å²) >= 11 is 0. The molecule has 3 nitrogen and oxygen atoms in total. The highest BCUT2D eigenvalue weighted by molar-refractivity contribution is 7.14. The summed E-state index contributed by atoms with van der Waals surface area (Å²) in [5.41, 5.74) is 5.23. The minimum atomic E-state index is 0.551.